The summed E-state index contributed by atoms with van der Waals surface area (Å²) >= 11 is 0. The summed E-state index contributed by atoms with van der Waals surface area (Å²) in [7, 11) is 0. The SMILES string of the molecule is O=C(NCC1CCCC1O)c1ccccc1O. The topological polar surface area (TPSA) is 69.6 Å². The molecule has 0 bridgehead atoms. The maximum Gasteiger partial charge on any atom is 0.255 e. The first-order valence-electron chi connectivity index (χ1n) is 5.92. The van der Waals surface area contributed by atoms with Gasteiger partial charge in [0.1, 0.15) is 5.75 Å². The number of aliphatic hydroxyl groups is 1. The standard InChI is InChI=1S/C13H17NO3/c15-11-7-3-4-9(11)8-14-13(17)10-5-1-2-6-12(10)16/h1-2,5-6,9,11,15-16H,3-4,7-8H2,(H,14,17). The fourth-order valence-corrected chi connectivity index (χ4v) is 2.24. The van der Waals surface area contributed by atoms with E-state index in [1.165, 1.54) is 6.07 Å². The molecule has 1 aromatic carbocycles. The maximum absolute atomic E-state index is 11.8. The number of carbonyl (C=O) groups is 1. The van der Waals surface area contributed by atoms with Crippen molar-refractivity contribution in [3.05, 3.63) is 29.8 Å². The first-order chi connectivity index (χ1) is 8.18. The molecule has 1 aliphatic rings. The van der Waals surface area contributed by atoms with Crippen LogP contribution in [0.2, 0.25) is 0 Å². The van der Waals surface area contributed by atoms with Gasteiger partial charge in [0.2, 0.25) is 0 Å². The lowest BCUT2D eigenvalue weighted by molar-refractivity contribution is 0.0914. The van der Waals surface area contributed by atoms with E-state index in [-0.39, 0.29) is 29.2 Å². The Morgan fingerprint density at radius 3 is 2.76 bits per heavy atom. The molecule has 0 spiro atoms. The van der Waals surface area contributed by atoms with E-state index in [4.69, 9.17) is 0 Å². The van der Waals surface area contributed by atoms with Crippen molar-refractivity contribution in [2.45, 2.75) is 25.4 Å². The zero-order valence-corrected chi connectivity index (χ0v) is 9.60. The summed E-state index contributed by atoms with van der Waals surface area (Å²) in [6.45, 7) is 0.467. The number of aliphatic hydroxyl groups excluding tert-OH is 1. The van der Waals surface area contributed by atoms with Gasteiger partial charge in [0, 0.05) is 12.5 Å². The van der Waals surface area contributed by atoms with Gasteiger partial charge in [-0.05, 0) is 25.0 Å². The quantitative estimate of drug-likeness (QED) is 0.739. The van der Waals surface area contributed by atoms with Crippen molar-refractivity contribution in [2.75, 3.05) is 6.54 Å². The number of benzene rings is 1. The van der Waals surface area contributed by atoms with Crippen LogP contribution in [0.3, 0.4) is 0 Å². The third-order valence-corrected chi connectivity index (χ3v) is 3.29. The van der Waals surface area contributed by atoms with Crippen LogP contribution in [0.25, 0.3) is 0 Å². The number of amides is 1. The molecule has 1 saturated carbocycles. The Kier molecular flexibility index (Phi) is 3.64. The van der Waals surface area contributed by atoms with Crippen molar-refractivity contribution in [2.24, 2.45) is 5.92 Å². The summed E-state index contributed by atoms with van der Waals surface area (Å²) in [5.74, 6) is -0.163. The zero-order valence-electron chi connectivity index (χ0n) is 9.60. The minimum absolute atomic E-state index is 0.0167. The van der Waals surface area contributed by atoms with E-state index in [1.54, 1.807) is 18.2 Å². The van der Waals surface area contributed by atoms with Crippen LogP contribution in [-0.4, -0.2) is 28.8 Å². The van der Waals surface area contributed by atoms with Gasteiger partial charge in [-0.25, -0.2) is 0 Å². The lowest BCUT2D eigenvalue weighted by Crippen LogP contribution is -2.32. The molecule has 92 valence electrons. The summed E-state index contributed by atoms with van der Waals surface area (Å²) < 4.78 is 0. The van der Waals surface area contributed by atoms with Gasteiger partial charge in [0.25, 0.3) is 5.91 Å². The first kappa shape index (κ1) is 11.9. The number of para-hydroxylation sites is 1. The average molecular weight is 235 g/mol. The van der Waals surface area contributed by atoms with Gasteiger partial charge in [-0.2, -0.15) is 0 Å². The highest BCUT2D eigenvalue weighted by atomic mass is 16.3. The van der Waals surface area contributed by atoms with Crippen LogP contribution in [0.1, 0.15) is 29.6 Å². The molecule has 1 amide bonds. The number of carbonyl (C=O) groups excluding carboxylic acids is 1. The molecule has 3 N–H and O–H groups in total. The Labute approximate surface area is 100 Å². The van der Waals surface area contributed by atoms with Crippen LogP contribution in [0, 0.1) is 5.92 Å². The molecule has 0 aliphatic heterocycles. The molecule has 0 saturated heterocycles. The molecule has 1 aliphatic carbocycles. The van der Waals surface area contributed by atoms with Crippen LogP contribution < -0.4 is 5.32 Å². The largest absolute Gasteiger partial charge is 0.507 e. The molecule has 4 nitrogen and oxygen atoms in total. The van der Waals surface area contributed by atoms with E-state index >= 15 is 0 Å². The summed E-state index contributed by atoms with van der Waals surface area (Å²) in [5, 5.41) is 21.9. The molecular weight excluding hydrogens is 218 g/mol. The summed E-state index contributed by atoms with van der Waals surface area (Å²) in [6.07, 6.45) is 2.47. The van der Waals surface area contributed by atoms with E-state index in [0.717, 1.165) is 19.3 Å². The second-order valence-corrected chi connectivity index (χ2v) is 4.49. The van der Waals surface area contributed by atoms with Gasteiger partial charge in [-0.15, -0.1) is 0 Å². The molecule has 1 fully saturated rings. The lowest BCUT2D eigenvalue weighted by Gasteiger charge is -2.15. The van der Waals surface area contributed by atoms with Crippen LogP contribution >= 0.6 is 0 Å². The van der Waals surface area contributed by atoms with E-state index < -0.39 is 0 Å². The molecule has 0 radical (unpaired) electrons. The van der Waals surface area contributed by atoms with E-state index in [2.05, 4.69) is 5.32 Å². The zero-order chi connectivity index (χ0) is 12.3. The molecule has 0 aromatic heterocycles. The van der Waals surface area contributed by atoms with Crippen LogP contribution in [0.15, 0.2) is 24.3 Å². The molecule has 0 heterocycles. The van der Waals surface area contributed by atoms with Gasteiger partial charge in [0.05, 0.1) is 11.7 Å². The molecule has 2 atom stereocenters. The van der Waals surface area contributed by atoms with Gasteiger partial charge >= 0.3 is 0 Å². The highest BCUT2D eigenvalue weighted by Crippen LogP contribution is 2.25. The smallest absolute Gasteiger partial charge is 0.255 e. The Bertz CT molecular complexity index is 405. The monoisotopic (exact) mass is 235 g/mol. The number of aromatic hydroxyl groups is 1. The van der Waals surface area contributed by atoms with Gasteiger partial charge in [-0.3, -0.25) is 4.79 Å². The normalized spacial score (nSPS) is 23.6. The third kappa shape index (κ3) is 2.77. The van der Waals surface area contributed by atoms with E-state index in [9.17, 15) is 15.0 Å². The van der Waals surface area contributed by atoms with Gasteiger partial charge in [0.15, 0.2) is 0 Å². The van der Waals surface area contributed by atoms with E-state index in [1.807, 2.05) is 0 Å². The molecule has 2 rings (SSSR count). The number of phenolic OH excluding ortho intramolecular Hbond substituents is 1. The van der Waals surface area contributed by atoms with Gasteiger partial charge < -0.3 is 15.5 Å². The second kappa shape index (κ2) is 5.19. The highest BCUT2D eigenvalue weighted by Gasteiger charge is 2.25. The number of rotatable bonds is 3. The summed E-state index contributed by atoms with van der Waals surface area (Å²) in [6, 6.07) is 6.45. The van der Waals surface area contributed by atoms with Crippen molar-refractivity contribution in [1.82, 2.24) is 5.32 Å². The van der Waals surface area contributed by atoms with Crippen LogP contribution in [0.5, 0.6) is 5.75 Å². The fraction of sp³-hybridized carbons (Fsp3) is 0.462. The minimum atomic E-state index is -0.306. The lowest BCUT2D eigenvalue weighted by atomic mass is 10.1. The van der Waals surface area contributed by atoms with Crippen molar-refractivity contribution in [3.8, 4) is 5.75 Å². The number of phenols is 1. The molecule has 4 heteroatoms. The number of hydrogen-bond acceptors (Lipinski definition) is 3. The van der Waals surface area contributed by atoms with Crippen LogP contribution in [0.4, 0.5) is 0 Å². The minimum Gasteiger partial charge on any atom is -0.507 e. The van der Waals surface area contributed by atoms with Gasteiger partial charge in [-0.1, -0.05) is 18.6 Å². The molecule has 17 heavy (non-hydrogen) atoms. The fourth-order valence-electron chi connectivity index (χ4n) is 2.24. The van der Waals surface area contributed by atoms with Crippen molar-refractivity contribution >= 4 is 5.91 Å². The summed E-state index contributed by atoms with van der Waals surface area (Å²) in [5.41, 5.74) is 0.278. The Hall–Kier alpha value is -1.55. The third-order valence-electron chi connectivity index (χ3n) is 3.29. The van der Waals surface area contributed by atoms with Crippen molar-refractivity contribution in [1.29, 1.82) is 0 Å². The highest BCUT2D eigenvalue weighted by molar-refractivity contribution is 5.96. The van der Waals surface area contributed by atoms with Crippen molar-refractivity contribution in [3.63, 3.8) is 0 Å². The van der Waals surface area contributed by atoms with E-state index in [0.29, 0.717) is 6.54 Å². The molecule has 2 unspecified atom stereocenters. The average Bonchev–Trinajstić information content (AvgIpc) is 2.72. The number of nitrogens with one attached hydrogen (secondary N) is 1. The Morgan fingerprint density at radius 2 is 2.12 bits per heavy atom. The van der Waals surface area contributed by atoms with Crippen molar-refractivity contribution < 1.29 is 15.0 Å². The predicted molar refractivity (Wildman–Crippen MR) is 63.8 cm³/mol. The molecular formula is C13H17NO3. The second-order valence-electron chi connectivity index (χ2n) is 4.49. The predicted octanol–water partition coefficient (Wildman–Crippen LogP) is 1.28. The Balaban J connectivity index is 1.91. The Morgan fingerprint density at radius 1 is 1.35 bits per heavy atom. The summed E-state index contributed by atoms with van der Waals surface area (Å²) in [4.78, 5) is 11.8. The molecule has 1 aromatic rings. The first-order valence-corrected chi connectivity index (χ1v) is 5.92. The maximum atomic E-state index is 11.8. The number of hydrogen-bond donors (Lipinski definition) is 3. The van der Waals surface area contributed by atoms with Crippen LogP contribution in [-0.2, 0) is 0 Å².